The van der Waals surface area contributed by atoms with Gasteiger partial charge in [-0.3, -0.25) is 9.69 Å². The number of carbonyl (C=O) groups excluding carboxylic acids is 1. The summed E-state index contributed by atoms with van der Waals surface area (Å²) in [5.74, 6) is 0.596. The Balaban J connectivity index is 1.47. The van der Waals surface area contributed by atoms with Crippen LogP contribution in [0.4, 0.5) is 0 Å². The molecule has 4 rings (SSSR count). The van der Waals surface area contributed by atoms with Crippen molar-refractivity contribution in [3.8, 4) is 5.75 Å². The summed E-state index contributed by atoms with van der Waals surface area (Å²) in [6.07, 6.45) is 1.94. The van der Waals surface area contributed by atoms with E-state index < -0.39 is 5.91 Å². The van der Waals surface area contributed by atoms with E-state index in [1.54, 1.807) is 24.3 Å². The lowest BCUT2D eigenvalue weighted by molar-refractivity contribution is 0.1000. The number of hydrogen-bond donors (Lipinski definition) is 1. The molecule has 0 saturated heterocycles. The van der Waals surface area contributed by atoms with Crippen LogP contribution in [-0.4, -0.2) is 30.5 Å². The van der Waals surface area contributed by atoms with Crippen LogP contribution in [0.15, 0.2) is 109 Å². The van der Waals surface area contributed by atoms with Crippen molar-refractivity contribution >= 4 is 5.91 Å². The Labute approximate surface area is 220 Å². The first-order valence-electron chi connectivity index (χ1n) is 13.0. The summed E-state index contributed by atoms with van der Waals surface area (Å²) in [6, 6.07) is 37.5. The molecule has 37 heavy (non-hydrogen) atoms. The van der Waals surface area contributed by atoms with E-state index >= 15 is 0 Å². The van der Waals surface area contributed by atoms with Gasteiger partial charge in [-0.1, -0.05) is 91.9 Å². The molecule has 0 heterocycles. The van der Waals surface area contributed by atoms with Crippen molar-refractivity contribution < 1.29 is 9.53 Å². The van der Waals surface area contributed by atoms with Gasteiger partial charge in [0.05, 0.1) is 6.61 Å². The summed E-state index contributed by atoms with van der Waals surface area (Å²) < 4.78 is 5.97. The highest BCUT2D eigenvalue weighted by Crippen LogP contribution is 2.26. The number of carbonyl (C=O) groups is 1. The molecular weight excluding hydrogens is 456 g/mol. The van der Waals surface area contributed by atoms with Gasteiger partial charge in [0.2, 0.25) is 5.91 Å². The number of aryl methyl sites for hydroxylation is 1. The molecule has 4 heteroatoms. The van der Waals surface area contributed by atoms with Crippen LogP contribution in [0.1, 0.15) is 51.9 Å². The predicted octanol–water partition coefficient (Wildman–Crippen LogP) is 6.45. The summed E-state index contributed by atoms with van der Waals surface area (Å²) in [4.78, 5) is 13.8. The van der Waals surface area contributed by atoms with Crippen LogP contribution >= 0.6 is 0 Å². The highest BCUT2D eigenvalue weighted by molar-refractivity contribution is 5.92. The van der Waals surface area contributed by atoms with E-state index in [4.69, 9.17) is 10.5 Å². The van der Waals surface area contributed by atoms with E-state index in [9.17, 15) is 4.79 Å². The Kier molecular flexibility index (Phi) is 9.50. The number of amides is 1. The molecule has 4 nitrogen and oxygen atoms in total. The maximum Gasteiger partial charge on any atom is 0.248 e. The number of hydrogen-bond acceptors (Lipinski definition) is 3. The highest BCUT2D eigenvalue weighted by atomic mass is 16.5. The van der Waals surface area contributed by atoms with Crippen molar-refractivity contribution in [3.63, 3.8) is 0 Å². The Morgan fingerprint density at radius 2 is 1.35 bits per heavy atom. The summed E-state index contributed by atoms with van der Waals surface area (Å²) in [5.41, 5.74) is 11.2. The van der Waals surface area contributed by atoms with E-state index in [1.165, 1.54) is 22.3 Å². The van der Waals surface area contributed by atoms with Gasteiger partial charge in [0.25, 0.3) is 0 Å². The van der Waals surface area contributed by atoms with E-state index in [0.717, 1.165) is 38.2 Å². The average Bonchev–Trinajstić information content (AvgIpc) is 2.95. The van der Waals surface area contributed by atoms with Gasteiger partial charge in [-0.15, -0.1) is 0 Å². The number of ether oxygens (including phenoxy) is 1. The highest BCUT2D eigenvalue weighted by Gasteiger charge is 2.18. The molecule has 4 aromatic rings. The van der Waals surface area contributed by atoms with Crippen LogP contribution in [0.2, 0.25) is 0 Å². The molecule has 0 aliphatic rings. The van der Waals surface area contributed by atoms with Crippen molar-refractivity contribution in [2.24, 2.45) is 5.73 Å². The van der Waals surface area contributed by atoms with Gasteiger partial charge in [-0.2, -0.15) is 0 Å². The first kappa shape index (κ1) is 26.2. The maximum atomic E-state index is 11.3. The van der Waals surface area contributed by atoms with Crippen molar-refractivity contribution in [2.75, 3.05) is 19.7 Å². The number of primary amides is 1. The second-order valence-electron chi connectivity index (χ2n) is 9.37. The molecule has 0 atom stereocenters. The van der Waals surface area contributed by atoms with E-state index in [2.05, 4.69) is 96.8 Å². The number of nitrogens with zero attached hydrogens (tertiary/aromatic N) is 1. The van der Waals surface area contributed by atoms with E-state index in [1.807, 2.05) is 0 Å². The molecule has 0 saturated carbocycles. The van der Waals surface area contributed by atoms with Crippen molar-refractivity contribution in [3.05, 3.63) is 137 Å². The third kappa shape index (κ3) is 7.80. The summed E-state index contributed by atoms with van der Waals surface area (Å²) >= 11 is 0. The minimum atomic E-state index is -0.430. The number of benzene rings is 4. The topological polar surface area (TPSA) is 55.6 Å². The lowest BCUT2D eigenvalue weighted by Crippen LogP contribution is -2.30. The Hall–Kier alpha value is -3.89. The van der Waals surface area contributed by atoms with Gasteiger partial charge in [0.15, 0.2) is 0 Å². The minimum Gasteiger partial charge on any atom is -0.494 e. The van der Waals surface area contributed by atoms with Crippen molar-refractivity contribution in [1.82, 2.24) is 4.90 Å². The fraction of sp³-hybridized carbons (Fsp3) is 0.242. The monoisotopic (exact) mass is 492 g/mol. The van der Waals surface area contributed by atoms with Crippen LogP contribution in [-0.2, 0) is 13.0 Å². The van der Waals surface area contributed by atoms with Gasteiger partial charge >= 0.3 is 0 Å². The van der Waals surface area contributed by atoms with Crippen molar-refractivity contribution in [2.45, 2.75) is 32.2 Å². The Bertz CT molecular complexity index is 1180. The molecule has 0 aromatic heterocycles. The molecule has 4 aromatic carbocycles. The minimum absolute atomic E-state index is 0.277. The molecule has 0 spiro atoms. The molecule has 0 aliphatic heterocycles. The van der Waals surface area contributed by atoms with Crippen LogP contribution in [0, 0.1) is 0 Å². The molecule has 0 bridgehead atoms. The SMILES string of the molecule is CCc1ccc(CN(CCCOc2ccc(C(N)=O)cc2)CC(c2ccccc2)c2ccccc2)cc1. The molecule has 0 unspecified atom stereocenters. The van der Waals surface area contributed by atoms with Crippen LogP contribution < -0.4 is 10.5 Å². The normalized spacial score (nSPS) is 11.1. The predicted molar refractivity (Wildman–Crippen MR) is 151 cm³/mol. The number of nitrogens with two attached hydrogens (primary N) is 1. The smallest absolute Gasteiger partial charge is 0.248 e. The summed E-state index contributed by atoms with van der Waals surface area (Å²) in [6.45, 7) is 5.49. The number of rotatable bonds is 13. The van der Waals surface area contributed by atoms with E-state index in [-0.39, 0.29) is 5.92 Å². The van der Waals surface area contributed by atoms with Crippen LogP contribution in [0.5, 0.6) is 5.75 Å². The summed E-state index contributed by atoms with van der Waals surface area (Å²) in [5, 5.41) is 0. The van der Waals surface area contributed by atoms with Gasteiger partial charge in [0, 0.05) is 31.1 Å². The fourth-order valence-corrected chi connectivity index (χ4v) is 4.60. The third-order valence-electron chi connectivity index (χ3n) is 6.71. The second-order valence-corrected chi connectivity index (χ2v) is 9.37. The molecule has 190 valence electrons. The first-order valence-corrected chi connectivity index (χ1v) is 13.0. The van der Waals surface area contributed by atoms with Gasteiger partial charge < -0.3 is 10.5 Å². The van der Waals surface area contributed by atoms with Crippen molar-refractivity contribution in [1.29, 1.82) is 0 Å². The zero-order valence-electron chi connectivity index (χ0n) is 21.6. The Morgan fingerprint density at radius 3 is 1.89 bits per heavy atom. The largest absolute Gasteiger partial charge is 0.494 e. The molecule has 2 N–H and O–H groups in total. The van der Waals surface area contributed by atoms with Crippen LogP contribution in [0.3, 0.4) is 0 Å². The zero-order valence-corrected chi connectivity index (χ0v) is 21.6. The van der Waals surface area contributed by atoms with Crippen LogP contribution in [0.25, 0.3) is 0 Å². The lowest BCUT2D eigenvalue weighted by atomic mass is 9.90. The van der Waals surface area contributed by atoms with Gasteiger partial charge in [-0.05, 0) is 59.4 Å². The average molecular weight is 493 g/mol. The molecule has 1 amide bonds. The Morgan fingerprint density at radius 1 is 0.784 bits per heavy atom. The standard InChI is InChI=1S/C33H36N2O2/c1-2-26-14-16-27(17-15-26)24-35(22-9-23-37-31-20-18-30(19-21-31)33(34)36)25-32(28-10-5-3-6-11-28)29-12-7-4-8-13-29/h3-8,10-21,32H,2,9,22-25H2,1H3,(H2,34,36). The fourth-order valence-electron chi connectivity index (χ4n) is 4.60. The quantitative estimate of drug-likeness (QED) is 0.218. The second kappa shape index (κ2) is 13.4. The zero-order chi connectivity index (χ0) is 25.9. The summed E-state index contributed by atoms with van der Waals surface area (Å²) in [7, 11) is 0. The third-order valence-corrected chi connectivity index (χ3v) is 6.71. The molecular formula is C33H36N2O2. The lowest BCUT2D eigenvalue weighted by Gasteiger charge is -2.28. The molecule has 0 fully saturated rings. The maximum absolute atomic E-state index is 11.3. The molecule has 0 radical (unpaired) electrons. The van der Waals surface area contributed by atoms with E-state index in [0.29, 0.717) is 12.2 Å². The molecule has 0 aliphatic carbocycles. The van der Waals surface area contributed by atoms with Gasteiger partial charge in [0.1, 0.15) is 5.75 Å². The van der Waals surface area contributed by atoms with Gasteiger partial charge in [-0.25, -0.2) is 0 Å². The first-order chi connectivity index (χ1) is 18.1.